The third-order valence-corrected chi connectivity index (χ3v) is 5.95. The van der Waals surface area contributed by atoms with Gasteiger partial charge in [-0.05, 0) is 38.3 Å². The number of benzene rings is 1. The van der Waals surface area contributed by atoms with Gasteiger partial charge in [0, 0.05) is 25.6 Å². The molecular weight excluding hydrogens is 288 g/mol. The quantitative estimate of drug-likeness (QED) is 0.917. The van der Waals surface area contributed by atoms with E-state index in [-0.39, 0.29) is 11.8 Å². The first-order valence-electron chi connectivity index (χ1n) is 7.30. The zero-order valence-corrected chi connectivity index (χ0v) is 13.3. The summed E-state index contributed by atoms with van der Waals surface area (Å²) in [6, 6.07) is 7.01. The summed E-state index contributed by atoms with van der Waals surface area (Å²) in [6.45, 7) is 5.10. The summed E-state index contributed by atoms with van der Waals surface area (Å²) in [6.07, 6.45) is 1.16. The van der Waals surface area contributed by atoms with E-state index < -0.39 is 10.0 Å². The lowest BCUT2D eigenvalue weighted by molar-refractivity contribution is -0.126. The Kier molecular flexibility index (Phi) is 5.00. The minimum Gasteiger partial charge on any atom is -0.356 e. The van der Waals surface area contributed by atoms with Crippen molar-refractivity contribution in [3.63, 3.8) is 0 Å². The molecule has 1 aliphatic heterocycles. The van der Waals surface area contributed by atoms with Crippen LogP contribution in [0.15, 0.2) is 29.2 Å². The predicted molar refractivity (Wildman–Crippen MR) is 81.3 cm³/mol. The van der Waals surface area contributed by atoms with Crippen LogP contribution in [0.4, 0.5) is 0 Å². The van der Waals surface area contributed by atoms with Gasteiger partial charge in [-0.1, -0.05) is 18.2 Å². The minimum atomic E-state index is -3.45. The van der Waals surface area contributed by atoms with Gasteiger partial charge in [-0.3, -0.25) is 4.79 Å². The lowest BCUT2D eigenvalue weighted by Gasteiger charge is -2.30. The van der Waals surface area contributed by atoms with E-state index in [9.17, 15) is 13.2 Å². The van der Waals surface area contributed by atoms with Crippen LogP contribution in [-0.2, 0) is 14.8 Å². The second-order valence-electron chi connectivity index (χ2n) is 5.34. The summed E-state index contributed by atoms with van der Waals surface area (Å²) < 4.78 is 26.8. The molecular formula is C15H22N2O3S. The normalized spacial score (nSPS) is 17.6. The number of carbonyl (C=O) groups is 1. The smallest absolute Gasteiger partial charge is 0.243 e. The van der Waals surface area contributed by atoms with Gasteiger partial charge < -0.3 is 5.32 Å². The van der Waals surface area contributed by atoms with Gasteiger partial charge in [0.2, 0.25) is 15.9 Å². The van der Waals surface area contributed by atoms with Crippen LogP contribution in [0.2, 0.25) is 0 Å². The zero-order valence-electron chi connectivity index (χ0n) is 12.5. The van der Waals surface area contributed by atoms with E-state index in [1.807, 2.05) is 13.0 Å². The highest BCUT2D eigenvalue weighted by Gasteiger charge is 2.32. The van der Waals surface area contributed by atoms with E-state index >= 15 is 0 Å². The summed E-state index contributed by atoms with van der Waals surface area (Å²) in [5.74, 6) is -0.0429. The van der Waals surface area contributed by atoms with Crippen molar-refractivity contribution in [3.8, 4) is 0 Å². The van der Waals surface area contributed by atoms with Crippen molar-refractivity contribution in [3.05, 3.63) is 29.8 Å². The number of sulfonamides is 1. The molecule has 116 valence electrons. The van der Waals surface area contributed by atoms with Crippen LogP contribution in [0, 0.1) is 12.8 Å². The van der Waals surface area contributed by atoms with Crippen LogP contribution in [0.25, 0.3) is 0 Å². The predicted octanol–water partition coefficient (Wildman–Crippen LogP) is 1.53. The molecule has 1 saturated heterocycles. The summed E-state index contributed by atoms with van der Waals surface area (Å²) in [7, 11) is -3.45. The Morgan fingerprint density at radius 2 is 1.90 bits per heavy atom. The summed E-state index contributed by atoms with van der Waals surface area (Å²) >= 11 is 0. The molecule has 21 heavy (non-hydrogen) atoms. The standard InChI is InChI=1S/C15H22N2O3S/c1-3-16-15(18)13-8-10-17(11-9-13)21(19,20)14-7-5-4-6-12(14)2/h4-7,13H,3,8-11H2,1-2H3,(H,16,18). The second-order valence-corrected chi connectivity index (χ2v) is 7.24. The number of piperidine rings is 1. The number of nitrogens with zero attached hydrogens (tertiary/aromatic N) is 1. The molecule has 1 aliphatic rings. The second kappa shape index (κ2) is 6.58. The minimum absolute atomic E-state index is 0.0328. The van der Waals surface area contributed by atoms with Gasteiger partial charge >= 0.3 is 0 Å². The number of aryl methyl sites for hydroxylation is 1. The molecule has 1 fully saturated rings. The van der Waals surface area contributed by atoms with Gasteiger partial charge in [0.25, 0.3) is 0 Å². The van der Waals surface area contributed by atoms with Crippen molar-refractivity contribution in [1.82, 2.24) is 9.62 Å². The molecule has 0 spiro atoms. The van der Waals surface area contributed by atoms with Gasteiger partial charge in [-0.25, -0.2) is 8.42 Å². The van der Waals surface area contributed by atoms with Crippen molar-refractivity contribution in [1.29, 1.82) is 0 Å². The van der Waals surface area contributed by atoms with E-state index in [4.69, 9.17) is 0 Å². The fraction of sp³-hybridized carbons (Fsp3) is 0.533. The Bertz CT molecular complexity index is 605. The molecule has 6 heteroatoms. The van der Waals surface area contributed by atoms with Crippen molar-refractivity contribution in [2.75, 3.05) is 19.6 Å². The van der Waals surface area contributed by atoms with Crippen LogP contribution < -0.4 is 5.32 Å². The molecule has 0 aromatic heterocycles. The maximum Gasteiger partial charge on any atom is 0.243 e. The SMILES string of the molecule is CCNC(=O)C1CCN(S(=O)(=O)c2ccccc2C)CC1. The molecule has 0 atom stereocenters. The van der Waals surface area contributed by atoms with E-state index in [0.717, 1.165) is 5.56 Å². The lowest BCUT2D eigenvalue weighted by Crippen LogP contribution is -2.43. The van der Waals surface area contributed by atoms with Gasteiger partial charge in [0.05, 0.1) is 4.90 Å². The third-order valence-electron chi connectivity index (χ3n) is 3.89. The van der Waals surface area contributed by atoms with Crippen LogP contribution >= 0.6 is 0 Å². The molecule has 1 N–H and O–H groups in total. The van der Waals surface area contributed by atoms with Crippen LogP contribution in [0.3, 0.4) is 0 Å². The molecule has 2 rings (SSSR count). The monoisotopic (exact) mass is 310 g/mol. The average Bonchev–Trinajstić information content (AvgIpc) is 2.48. The number of rotatable bonds is 4. The average molecular weight is 310 g/mol. The van der Waals surface area contributed by atoms with Crippen LogP contribution in [-0.4, -0.2) is 38.3 Å². The summed E-state index contributed by atoms with van der Waals surface area (Å²) in [4.78, 5) is 12.2. The van der Waals surface area contributed by atoms with Gasteiger partial charge in [0.15, 0.2) is 0 Å². The van der Waals surface area contributed by atoms with E-state index in [2.05, 4.69) is 5.32 Å². The molecule has 1 aromatic carbocycles. The first-order valence-corrected chi connectivity index (χ1v) is 8.74. The van der Waals surface area contributed by atoms with Gasteiger partial charge in [0.1, 0.15) is 0 Å². The number of amides is 1. The Hall–Kier alpha value is -1.40. The van der Waals surface area contributed by atoms with Gasteiger partial charge in [-0.2, -0.15) is 4.31 Å². The highest BCUT2D eigenvalue weighted by Crippen LogP contribution is 2.25. The van der Waals surface area contributed by atoms with Crippen LogP contribution in [0.1, 0.15) is 25.3 Å². The van der Waals surface area contributed by atoms with Crippen LogP contribution in [0.5, 0.6) is 0 Å². The van der Waals surface area contributed by atoms with E-state index in [1.54, 1.807) is 25.1 Å². The van der Waals surface area contributed by atoms with E-state index in [0.29, 0.717) is 37.4 Å². The van der Waals surface area contributed by atoms with Gasteiger partial charge in [-0.15, -0.1) is 0 Å². The van der Waals surface area contributed by atoms with E-state index in [1.165, 1.54) is 4.31 Å². The molecule has 0 saturated carbocycles. The van der Waals surface area contributed by atoms with Crippen molar-refractivity contribution < 1.29 is 13.2 Å². The molecule has 1 aromatic rings. The molecule has 0 radical (unpaired) electrons. The number of hydrogen-bond donors (Lipinski definition) is 1. The molecule has 0 unspecified atom stereocenters. The first kappa shape index (κ1) is 16.0. The number of carbonyl (C=O) groups excluding carboxylic acids is 1. The highest BCUT2D eigenvalue weighted by atomic mass is 32.2. The summed E-state index contributed by atoms with van der Waals surface area (Å²) in [5.41, 5.74) is 0.753. The Balaban J connectivity index is 2.08. The topological polar surface area (TPSA) is 66.5 Å². The van der Waals surface area contributed by atoms with Crippen molar-refractivity contribution >= 4 is 15.9 Å². The first-order chi connectivity index (χ1) is 9.96. The van der Waals surface area contributed by atoms with Crippen molar-refractivity contribution in [2.24, 2.45) is 5.92 Å². The lowest BCUT2D eigenvalue weighted by atomic mass is 9.97. The molecule has 1 heterocycles. The molecule has 5 nitrogen and oxygen atoms in total. The van der Waals surface area contributed by atoms with Crippen molar-refractivity contribution in [2.45, 2.75) is 31.6 Å². The fourth-order valence-corrected chi connectivity index (χ4v) is 4.36. The molecule has 0 aliphatic carbocycles. The Morgan fingerprint density at radius 3 is 2.48 bits per heavy atom. The molecule has 0 bridgehead atoms. The highest BCUT2D eigenvalue weighted by molar-refractivity contribution is 7.89. The fourth-order valence-electron chi connectivity index (χ4n) is 2.66. The maximum atomic E-state index is 12.6. The molecule has 1 amide bonds. The largest absolute Gasteiger partial charge is 0.356 e. The number of nitrogens with one attached hydrogen (secondary N) is 1. The summed E-state index contributed by atoms with van der Waals surface area (Å²) in [5, 5.41) is 2.80. The zero-order chi connectivity index (χ0) is 15.5. The maximum absolute atomic E-state index is 12.6. The Morgan fingerprint density at radius 1 is 1.29 bits per heavy atom. The third kappa shape index (κ3) is 3.44. The Labute approximate surface area is 126 Å². The number of hydrogen-bond acceptors (Lipinski definition) is 3.